The molecule has 0 spiro atoms. The molecule has 0 radical (unpaired) electrons. The molecule has 0 saturated carbocycles. The molecule has 176 valence electrons. The summed E-state index contributed by atoms with van der Waals surface area (Å²) < 4.78 is 17.5. The van der Waals surface area contributed by atoms with E-state index in [-0.39, 0.29) is 24.3 Å². The average Bonchev–Trinajstić information content (AvgIpc) is 2.81. The van der Waals surface area contributed by atoms with E-state index in [9.17, 15) is 4.79 Å². The predicted octanol–water partition coefficient (Wildman–Crippen LogP) is 5.44. The molecular formula is C26H31ClN2O4. The van der Waals surface area contributed by atoms with Crippen molar-refractivity contribution in [2.24, 2.45) is 5.92 Å². The van der Waals surface area contributed by atoms with Crippen LogP contribution in [-0.4, -0.2) is 49.4 Å². The zero-order chi connectivity index (χ0) is 22.9. The molecule has 2 bridgehead atoms. The minimum atomic E-state index is -0.330. The first-order valence-electron chi connectivity index (χ1n) is 11.9. The molecule has 4 aliphatic rings. The zero-order valence-corrected chi connectivity index (χ0v) is 19.9. The Labute approximate surface area is 200 Å². The Balaban J connectivity index is 1.27. The number of benzene rings is 2. The van der Waals surface area contributed by atoms with Crippen molar-refractivity contribution in [1.82, 2.24) is 10.2 Å². The number of amides is 1. The lowest BCUT2D eigenvalue weighted by Crippen LogP contribution is -2.52. The third-order valence-electron chi connectivity index (χ3n) is 6.83. The van der Waals surface area contributed by atoms with E-state index in [1.54, 1.807) is 0 Å². The van der Waals surface area contributed by atoms with Gasteiger partial charge in [-0.15, -0.1) is 0 Å². The van der Waals surface area contributed by atoms with Crippen molar-refractivity contribution in [3.63, 3.8) is 0 Å². The van der Waals surface area contributed by atoms with Crippen LogP contribution in [0.2, 0.25) is 5.02 Å². The van der Waals surface area contributed by atoms with Gasteiger partial charge in [-0.05, 0) is 75.0 Å². The van der Waals surface area contributed by atoms with Crippen molar-refractivity contribution >= 4 is 17.7 Å². The lowest BCUT2D eigenvalue weighted by Gasteiger charge is -2.44. The summed E-state index contributed by atoms with van der Waals surface area (Å²) in [6, 6.07) is 11.7. The normalized spacial score (nSPS) is 25.8. The van der Waals surface area contributed by atoms with Crippen molar-refractivity contribution in [1.29, 1.82) is 0 Å². The number of halogens is 1. The number of hydrogen-bond donors (Lipinski definition) is 1. The minimum absolute atomic E-state index is 0.00147. The zero-order valence-electron chi connectivity index (χ0n) is 19.2. The third kappa shape index (κ3) is 4.92. The second-order valence-electron chi connectivity index (χ2n) is 9.48. The van der Waals surface area contributed by atoms with Crippen LogP contribution in [0.4, 0.5) is 4.79 Å². The van der Waals surface area contributed by atoms with Gasteiger partial charge in [-0.1, -0.05) is 29.8 Å². The van der Waals surface area contributed by atoms with Gasteiger partial charge in [0.05, 0.1) is 23.8 Å². The van der Waals surface area contributed by atoms with Crippen LogP contribution in [0.1, 0.15) is 44.7 Å². The van der Waals surface area contributed by atoms with E-state index in [0.29, 0.717) is 29.7 Å². The van der Waals surface area contributed by atoms with E-state index >= 15 is 0 Å². The van der Waals surface area contributed by atoms with Crippen molar-refractivity contribution in [3.05, 3.63) is 47.0 Å². The first-order chi connectivity index (χ1) is 16.0. The fourth-order valence-electron chi connectivity index (χ4n) is 5.11. The van der Waals surface area contributed by atoms with E-state index in [1.165, 1.54) is 0 Å². The Hall–Kier alpha value is -2.44. The number of ether oxygens (including phenoxy) is 3. The summed E-state index contributed by atoms with van der Waals surface area (Å²) in [6.07, 6.45) is 2.69. The topological polar surface area (TPSA) is 60.0 Å². The molecule has 1 unspecified atom stereocenters. The first kappa shape index (κ1) is 22.4. The molecule has 2 aromatic rings. The number of fused-ring (bicyclic) bond motifs is 4. The fraction of sp³-hybridized carbons (Fsp3) is 0.500. The standard InChI is InChI=1S/C26H31ClN2O4/c1-16(2)32-23-6-4-18(13-21(23)27)19-3-5-20-22(9-12-31-24(20)14-19)28-26(30)33-25-15-29-10-7-17(25)8-11-29/h3-6,13-14,16-17,22,25H,7-12,15H2,1-2H3,(H,28,30)/t22?,25-/m1/s1. The highest BCUT2D eigenvalue weighted by Crippen LogP contribution is 2.38. The van der Waals surface area contributed by atoms with Crippen molar-refractivity contribution in [2.75, 3.05) is 26.2 Å². The molecule has 33 heavy (non-hydrogen) atoms. The SMILES string of the molecule is CC(C)Oc1ccc(-c2ccc3c(c2)OCCC3NC(=O)O[C@@H]2CN3CCC2CC3)cc1Cl. The quantitative estimate of drug-likeness (QED) is 0.630. The van der Waals surface area contributed by atoms with Crippen LogP contribution in [0, 0.1) is 5.92 Å². The monoisotopic (exact) mass is 470 g/mol. The van der Waals surface area contributed by atoms with E-state index in [2.05, 4.69) is 10.2 Å². The summed E-state index contributed by atoms with van der Waals surface area (Å²) in [4.78, 5) is 15.1. The van der Waals surface area contributed by atoms with Gasteiger partial charge in [-0.2, -0.15) is 0 Å². The van der Waals surface area contributed by atoms with Crippen LogP contribution in [0.5, 0.6) is 11.5 Å². The average molecular weight is 471 g/mol. The van der Waals surface area contributed by atoms with Crippen LogP contribution in [0.25, 0.3) is 11.1 Å². The number of hydrogen-bond acceptors (Lipinski definition) is 5. The molecule has 0 aliphatic carbocycles. The highest BCUT2D eigenvalue weighted by atomic mass is 35.5. The van der Waals surface area contributed by atoms with Gasteiger partial charge in [0, 0.05) is 18.5 Å². The molecule has 7 heteroatoms. The highest BCUT2D eigenvalue weighted by Gasteiger charge is 2.37. The summed E-state index contributed by atoms with van der Waals surface area (Å²) in [5, 5.41) is 3.66. The minimum Gasteiger partial charge on any atom is -0.493 e. The first-order valence-corrected chi connectivity index (χ1v) is 12.3. The van der Waals surface area contributed by atoms with Gasteiger partial charge in [-0.25, -0.2) is 4.79 Å². The second kappa shape index (κ2) is 9.43. The molecule has 2 atom stereocenters. The van der Waals surface area contributed by atoms with Gasteiger partial charge in [-0.3, -0.25) is 4.90 Å². The number of nitrogens with one attached hydrogen (secondary N) is 1. The fourth-order valence-corrected chi connectivity index (χ4v) is 5.33. The van der Waals surface area contributed by atoms with E-state index < -0.39 is 0 Å². The molecule has 1 N–H and O–H groups in total. The second-order valence-corrected chi connectivity index (χ2v) is 9.89. The van der Waals surface area contributed by atoms with Crippen LogP contribution >= 0.6 is 11.6 Å². The van der Waals surface area contributed by atoms with Gasteiger partial charge in [0.2, 0.25) is 0 Å². The molecular weight excluding hydrogens is 440 g/mol. The summed E-state index contributed by atoms with van der Waals surface area (Å²) in [6.45, 7) is 7.60. The predicted molar refractivity (Wildman–Crippen MR) is 128 cm³/mol. The maximum atomic E-state index is 12.7. The van der Waals surface area contributed by atoms with Crippen LogP contribution in [0.3, 0.4) is 0 Å². The summed E-state index contributed by atoms with van der Waals surface area (Å²) in [7, 11) is 0. The van der Waals surface area contributed by atoms with Gasteiger partial charge in [0.1, 0.15) is 17.6 Å². The Bertz CT molecular complexity index is 1020. The van der Waals surface area contributed by atoms with E-state index in [1.807, 2.05) is 50.2 Å². The molecule has 4 heterocycles. The van der Waals surface area contributed by atoms with E-state index in [0.717, 1.165) is 54.9 Å². The molecule has 6 nitrogen and oxygen atoms in total. The number of carbonyl (C=O) groups excluding carboxylic acids is 1. The summed E-state index contributed by atoms with van der Waals surface area (Å²) >= 11 is 6.43. The number of carbonyl (C=O) groups is 1. The Morgan fingerprint density at radius 1 is 1.12 bits per heavy atom. The molecule has 3 fully saturated rings. The largest absolute Gasteiger partial charge is 0.493 e. The van der Waals surface area contributed by atoms with E-state index in [4.69, 9.17) is 25.8 Å². The Morgan fingerprint density at radius 2 is 1.88 bits per heavy atom. The molecule has 2 aromatic carbocycles. The molecule has 6 rings (SSSR count). The van der Waals surface area contributed by atoms with Gasteiger partial charge < -0.3 is 19.5 Å². The van der Waals surface area contributed by atoms with Gasteiger partial charge in [0.15, 0.2) is 0 Å². The Kier molecular flexibility index (Phi) is 6.39. The van der Waals surface area contributed by atoms with Crippen molar-refractivity contribution in [3.8, 4) is 22.6 Å². The summed E-state index contributed by atoms with van der Waals surface area (Å²) in [5.74, 6) is 1.95. The highest BCUT2D eigenvalue weighted by molar-refractivity contribution is 6.32. The lowest BCUT2D eigenvalue weighted by molar-refractivity contribution is -0.0342. The van der Waals surface area contributed by atoms with Crippen LogP contribution < -0.4 is 14.8 Å². The molecule has 4 aliphatic heterocycles. The molecule has 3 saturated heterocycles. The van der Waals surface area contributed by atoms with Crippen molar-refractivity contribution in [2.45, 2.75) is 51.4 Å². The smallest absolute Gasteiger partial charge is 0.407 e. The molecule has 1 amide bonds. The number of rotatable bonds is 5. The van der Waals surface area contributed by atoms with Gasteiger partial charge in [0.25, 0.3) is 0 Å². The lowest BCUT2D eigenvalue weighted by atomic mass is 9.86. The van der Waals surface area contributed by atoms with Crippen molar-refractivity contribution < 1.29 is 19.0 Å². The maximum Gasteiger partial charge on any atom is 0.407 e. The third-order valence-corrected chi connectivity index (χ3v) is 7.12. The Morgan fingerprint density at radius 3 is 2.58 bits per heavy atom. The van der Waals surface area contributed by atoms with Crippen LogP contribution in [-0.2, 0) is 4.74 Å². The molecule has 0 aromatic heterocycles. The number of alkyl carbamates (subject to hydrolysis) is 1. The van der Waals surface area contributed by atoms with Crippen LogP contribution in [0.15, 0.2) is 36.4 Å². The number of piperidine rings is 3. The number of nitrogens with zero attached hydrogens (tertiary/aromatic N) is 1. The maximum absolute atomic E-state index is 12.7. The summed E-state index contributed by atoms with van der Waals surface area (Å²) in [5.41, 5.74) is 2.96. The van der Waals surface area contributed by atoms with Gasteiger partial charge >= 0.3 is 6.09 Å².